The molecule has 1 amide bonds. The van der Waals surface area contributed by atoms with E-state index in [-0.39, 0.29) is 10.9 Å². The minimum Gasteiger partial charge on any atom is -0.353 e. The second kappa shape index (κ2) is 5.95. The van der Waals surface area contributed by atoms with Crippen LogP contribution >= 0.6 is 0 Å². The number of carbonyl (C=O) groups excluding carboxylic acids is 1. The van der Waals surface area contributed by atoms with E-state index in [1.165, 1.54) is 0 Å². The van der Waals surface area contributed by atoms with Gasteiger partial charge in [0.2, 0.25) is 5.91 Å². The Morgan fingerprint density at radius 1 is 1.33 bits per heavy atom. The van der Waals surface area contributed by atoms with Crippen molar-refractivity contribution in [2.75, 3.05) is 5.75 Å². The number of rotatable bonds is 5. The van der Waals surface area contributed by atoms with Gasteiger partial charge in [0.25, 0.3) is 0 Å². The van der Waals surface area contributed by atoms with Gasteiger partial charge in [-0.05, 0) is 37.6 Å². The van der Waals surface area contributed by atoms with Crippen molar-refractivity contribution in [3.8, 4) is 0 Å². The fourth-order valence-corrected chi connectivity index (χ4v) is 2.46. The van der Waals surface area contributed by atoms with E-state index in [9.17, 15) is 17.6 Å². The predicted molar refractivity (Wildman–Crippen MR) is 66.3 cm³/mol. The predicted octanol–water partition coefficient (Wildman–Crippen LogP) is 1.51. The van der Waals surface area contributed by atoms with Gasteiger partial charge in [0.15, 0.2) is 9.84 Å². The topological polar surface area (TPSA) is 63.2 Å². The van der Waals surface area contributed by atoms with Gasteiger partial charge in [-0.15, -0.1) is 0 Å². The summed E-state index contributed by atoms with van der Waals surface area (Å²) in [5.41, 5.74) is 0. The maximum atomic E-state index is 12.7. The Morgan fingerprint density at radius 3 is 2.39 bits per heavy atom. The number of amides is 1. The van der Waals surface area contributed by atoms with Crippen LogP contribution in [0.2, 0.25) is 0 Å². The molecule has 0 saturated carbocycles. The molecular weight excluding hydrogens is 257 g/mol. The molecule has 0 aromatic heterocycles. The van der Waals surface area contributed by atoms with Crippen LogP contribution in [0.4, 0.5) is 4.39 Å². The molecule has 0 aliphatic heterocycles. The highest BCUT2D eigenvalue weighted by molar-refractivity contribution is 7.92. The molecule has 1 N–H and O–H groups in total. The van der Waals surface area contributed by atoms with Crippen LogP contribution in [-0.4, -0.2) is 26.1 Å². The average Bonchev–Trinajstić information content (AvgIpc) is 2.28. The fraction of sp³-hybridized carbons (Fsp3) is 0.417. The second-order valence-corrected chi connectivity index (χ2v) is 6.08. The van der Waals surface area contributed by atoms with E-state index >= 15 is 0 Å². The molecular formula is C12H16FNO3S. The van der Waals surface area contributed by atoms with E-state index in [1.54, 1.807) is 6.92 Å². The lowest BCUT2D eigenvalue weighted by Gasteiger charge is -2.11. The molecule has 0 fully saturated rings. The van der Waals surface area contributed by atoms with Crippen molar-refractivity contribution in [1.82, 2.24) is 5.32 Å². The summed E-state index contributed by atoms with van der Waals surface area (Å²) in [4.78, 5) is 11.5. The zero-order valence-electron chi connectivity index (χ0n) is 10.3. The smallest absolute Gasteiger partial charge is 0.235 e. The monoisotopic (exact) mass is 273 g/mol. The summed E-state index contributed by atoms with van der Waals surface area (Å²) in [6, 6.07) is 4.35. The van der Waals surface area contributed by atoms with Crippen molar-refractivity contribution < 1.29 is 17.6 Å². The number of hydrogen-bond acceptors (Lipinski definition) is 3. The standard InChI is InChI=1S/C12H16FNO3S/c1-3-9(2)14-12(15)8-18(16,17)11-6-4-10(13)5-7-11/h4-7,9H,3,8H2,1-2H3,(H,14,15). The van der Waals surface area contributed by atoms with E-state index in [0.717, 1.165) is 30.7 Å². The Hall–Kier alpha value is -1.43. The van der Waals surface area contributed by atoms with Gasteiger partial charge in [-0.2, -0.15) is 0 Å². The number of carbonyl (C=O) groups is 1. The summed E-state index contributed by atoms with van der Waals surface area (Å²) in [6.07, 6.45) is 0.725. The molecule has 18 heavy (non-hydrogen) atoms. The first-order chi connectivity index (χ1) is 8.35. The van der Waals surface area contributed by atoms with Gasteiger partial charge in [0.1, 0.15) is 11.6 Å². The van der Waals surface area contributed by atoms with Crippen LogP contribution < -0.4 is 5.32 Å². The highest BCUT2D eigenvalue weighted by Crippen LogP contribution is 2.11. The van der Waals surface area contributed by atoms with Crippen molar-refractivity contribution in [2.24, 2.45) is 0 Å². The Kier molecular flexibility index (Phi) is 4.84. The average molecular weight is 273 g/mol. The highest BCUT2D eigenvalue weighted by atomic mass is 32.2. The van der Waals surface area contributed by atoms with Gasteiger partial charge in [0.05, 0.1) is 4.90 Å². The molecule has 1 unspecified atom stereocenters. The number of hydrogen-bond donors (Lipinski definition) is 1. The number of sulfone groups is 1. The van der Waals surface area contributed by atoms with Crippen LogP contribution in [-0.2, 0) is 14.6 Å². The molecule has 6 heteroatoms. The van der Waals surface area contributed by atoms with Crippen molar-refractivity contribution in [3.05, 3.63) is 30.1 Å². The normalized spacial score (nSPS) is 13.1. The molecule has 1 aromatic rings. The minimum atomic E-state index is -3.71. The quantitative estimate of drug-likeness (QED) is 0.827. The number of nitrogens with one attached hydrogen (secondary N) is 1. The number of benzene rings is 1. The van der Waals surface area contributed by atoms with E-state index < -0.39 is 27.3 Å². The van der Waals surface area contributed by atoms with Crippen LogP contribution in [0.1, 0.15) is 20.3 Å². The first kappa shape index (κ1) is 14.6. The largest absolute Gasteiger partial charge is 0.353 e. The van der Waals surface area contributed by atoms with Gasteiger partial charge in [-0.3, -0.25) is 4.79 Å². The first-order valence-corrected chi connectivity index (χ1v) is 7.28. The molecule has 0 spiro atoms. The van der Waals surface area contributed by atoms with E-state index in [2.05, 4.69) is 5.32 Å². The first-order valence-electron chi connectivity index (χ1n) is 5.63. The third-order valence-electron chi connectivity index (χ3n) is 2.51. The Morgan fingerprint density at radius 2 is 1.89 bits per heavy atom. The van der Waals surface area contributed by atoms with Crippen LogP contribution in [0.5, 0.6) is 0 Å². The summed E-state index contributed by atoms with van der Waals surface area (Å²) in [5, 5.41) is 2.57. The van der Waals surface area contributed by atoms with Gasteiger partial charge in [-0.25, -0.2) is 12.8 Å². The molecule has 0 saturated heterocycles. The van der Waals surface area contributed by atoms with Crippen LogP contribution in [0.3, 0.4) is 0 Å². The lowest BCUT2D eigenvalue weighted by Crippen LogP contribution is -2.36. The van der Waals surface area contributed by atoms with Crippen LogP contribution in [0, 0.1) is 5.82 Å². The third kappa shape index (κ3) is 4.10. The molecule has 0 aliphatic rings. The molecule has 1 aromatic carbocycles. The van der Waals surface area contributed by atoms with Gasteiger partial charge in [-0.1, -0.05) is 6.92 Å². The lowest BCUT2D eigenvalue weighted by molar-refractivity contribution is -0.119. The molecule has 1 atom stereocenters. The SMILES string of the molecule is CCC(C)NC(=O)CS(=O)(=O)c1ccc(F)cc1. The second-order valence-electron chi connectivity index (χ2n) is 4.09. The highest BCUT2D eigenvalue weighted by Gasteiger charge is 2.19. The zero-order chi connectivity index (χ0) is 13.8. The maximum absolute atomic E-state index is 12.7. The van der Waals surface area contributed by atoms with Gasteiger partial charge < -0.3 is 5.32 Å². The van der Waals surface area contributed by atoms with Crippen molar-refractivity contribution in [3.63, 3.8) is 0 Å². The molecule has 100 valence electrons. The van der Waals surface area contributed by atoms with Crippen molar-refractivity contribution >= 4 is 15.7 Å². The van der Waals surface area contributed by atoms with Gasteiger partial charge >= 0.3 is 0 Å². The van der Waals surface area contributed by atoms with Crippen LogP contribution in [0.15, 0.2) is 29.2 Å². The van der Waals surface area contributed by atoms with E-state index in [0.29, 0.717) is 0 Å². The Balaban J connectivity index is 2.76. The Bertz CT molecular complexity index is 511. The maximum Gasteiger partial charge on any atom is 0.235 e. The van der Waals surface area contributed by atoms with Crippen LogP contribution in [0.25, 0.3) is 0 Å². The number of halogens is 1. The Labute approximate surface area is 106 Å². The summed E-state index contributed by atoms with van der Waals surface area (Å²) in [6.45, 7) is 3.68. The summed E-state index contributed by atoms with van der Waals surface area (Å²) in [5.74, 6) is -1.69. The minimum absolute atomic E-state index is 0.0526. The molecule has 0 aliphatic carbocycles. The summed E-state index contributed by atoms with van der Waals surface area (Å²) in [7, 11) is -3.71. The molecule has 0 radical (unpaired) electrons. The van der Waals surface area contributed by atoms with Crippen molar-refractivity contribution in [1.29, 1.82) is 0 Å². The molecule has 0 heterocycles. The van der Waals surface area contributed by atoms with Gasteiger partial charge in [0, 0.05) is 6.04 Å². The summed E-state index contributed by atoms with van der Waals surface area (Å²) >= 11 is 0. The molecule has 4 nitrogen and oxygen atoms in total. The molecule has 0 bridgehead atoms. The summed E-state index contributed by atoms with van der Waals surface area (Å²) < 4.78 is 36.4. The lowest BCUT2D eigenvalue weighted by atomic mass is 10.3. The third-order valence-corrected chi connectivity index (χ3v) is 4.15. The van der Waals surface area contributed by atoms with Crippen molar-refractivity contribution in [2.45, 2.75) is 31.2 Å². The van der Waals surface area contributed by atoms with E-state index in [1.807, 2.05) is 6.92 Å². The van der Waals surface area contributed by atoms with E-state index in [4.69, 9.17) is 0 Å². The fourth-order valence-electron chi connectivity index (χ4n) is 1.32. The molecule has 1 rings (SSSR count). The zero-order valence-corrected chi connectivity index (χ0v) is 11.1.